The van der Waals surface area contributed by atoms with E-state index in [1.807, 2.05) is 18.2 Å². The van der Waals surface area contributed by atoms with Gasteiger partial charge >= 0.3 is 0 Å². The number of carbonyl (C=O) groups excluding carboxylic acids is 1. The minimum absolute atomic E-state index is 0.0150. The number of rotatable bonds is 5. The maximum Gasteiger partial charge on any atom is 0.270 e. The van der Waals surface area contributed by atoms with Gasteiger partial charge in [0, 0.05) is 24.8 Å². The average Bonchev–Trinajstić information content (AvgIpc) is 2.64. The molecule has 0 unspecified atom stereocenters. The molecule has 0 radical (unpaired) electrons. The summed E-state index contributed by atoms with van der Waals surface area (Å²) < 4.78 is 10.9. The standard InChI is InChI=1S/C18H16N2O5/c21-18(7-5-13-2-1-3-15(10-13)20(22)23)19-12-14-4-6-16-17(11-14)25-9-8-24-16/h1-7,10-11H,8-9,12H2,(H,19,21)/b7-5+. The van der Waals surface area contributed by atoms with Crippen LogP contribution < -0.4 is 14.8 Å². The Hall–Kier alpha value is -3.35. The van der Waals surface area contributed by atoms with Crippen LogP contribution in [0, 0.1) is 10.1 Å². The van der Waals surface area contributed by atoms with E-state index in [0.717, 1.165) is 5.56 Å². The normalized spacial score (nSPS) is 12.8. The molecule has 1 N–H and O–H groups in total. The fourth-order valence-electron chi connectivity index (χ4n) is 2.36. The number of fused-ring (bicyclic) bond motifs is 1. The van der Waals surface area contributed by atoms with Crippen LogP contribution in [0.15, 0.2) is 48.5 Å². The molecule has 0 saturated heterocycles. The molecule has 7 heteroatoms. The van der Waals surface area contributed by atoms with E-state index in [1.54, 1.807) is 12.1 Å². The zero-order valence-corrected chi connectivity index (χ0v) is 13.3. The molecule has 0 aliphatic carbocycles. The van der Waals surface area contributed by atoms with Gasteiger partial charge in [0.05, 0.1) is 4.92 Å². The Morgan fingerprint density at radius 1 is 1.16 bits per heavy atom. The molecule has 0 bridgehead atoms. The molecule has 1 heterocycles. The first-order valence-corrected chi connectivity index (χ1v) is 7.71. The summed E-state index contributed by atoms with van der Waals surface area (Å²) >= 11 is 0. The highest BCUT2D eigenvalue weighted by Crippen LogP contribution is 2.30. The van der Waals surface area contributed by atoms with Crippen LogP contribution in [0.2, 0.25) is 0 Å². The smallest absolute Gasteiger partial charge is 0.270 e. The lowest BCUT2D eigenvalue weighted by molar-refractivity contribution is -0.384. The fraction of sp³-hybridized carbons (Fsp3) is 0.167. The van der Waals surface area contributed by atoms with Crippen LogP contribution in [0.5, 0.6) is 11.5 Å². The van der Waals surface area contributed by atoms with E-state index in [-0.39, 0.29) is 11.6 Å². The van der Waals surface area contributed by atoms with E-state index in [1.165, 1.54) is 24.3 Å². The van der Waals surface area contributed by atoms with Gasteiger partial charge in [-0.3, -0.25) is 14.9 Å². The van der Waals surface area contributed by atoms with Crippen molar-refractivity contribution in [3.05, 3.63) is 69.8 Å². The number of nitrogens with one attached hydrogen (secondary N) is 1. The number of hydrogen-bond acceptors (Lipinski definition) is 5. The fourth-order valence-corrected chi connectivity index (χ4v) is 2.36. The number of carbonyl (C=O) groups is 1. The van der Waals surface area contributed by atoms with Crippen molar-refractivity contribution in [1.29, 1.82) is 0 Å². The predicted molar refractivity (Wildman–Crippen MR) is 91.4 cm³/mol. The summed E-state index contributed by atoms with van der Waals surface area (Å²) in [6, 6.07) is 11.6. The molecular weight excluding hydrogens is 324 g/mol. The van der Waals surface area contributed by atoms with Gasteiger partial charge in [-0.05, 0) is 29.3 Å². The zero-order valence-electron chi connectivity index (χ0n) is 13.3. The molecule has 0 saturated carbocycles. The molecule has 0 aromatic heterocycles. The lowest BCUT2D eigenvalue weighted by Crippen LogP contribution is -2.20. The Morgan fingerprint density at radius 2 is 1.96 bits per heavy atom. The van der Waals surface area contributed by atoms with Crippen molar-refractivity contribution in [2.45, 2.75) is 6.54 Å². The number of nitrogens with zero attached hydrogens (tertiary/aromatic N) is 1. The van der Waals surface area contributed by atoms with E-state index < -0.39 is 4.92 Å². The molecule has 1 aliphatic rings. The second-order valence-electron chi connectivity index (χ2n) is 5.38. The molecule has 1 aliphatic heterocycles. The van der Waals surface area contributed by atoms with E-state index in [4.69, 9.17) is 9.47 Å². The maximum atomic E-state index is 11.9. The van der Waals surface area contributed by atoms with Crippen LogP contribution >= 0.6 is 0 Å². The van der Waals surface area contributed by atoms with Gasteiger partial charge in [-0.25, -0.2) is 0 Å². The molecule has 25 heavy (non-hydrogen) atoms. The topological polar surface area (TPSA) is 90.7 Å². The van der Waals surface area contributed by atoms with Crippen molar-refractivity contribution in [3.63, 3.8) is 0 Å². The van der Waals surface area contributed by atoms with E-state index in [2.05, 4.69) is 5.32 Å². The Bertz CT molecular complexity index is 832. The largest absolute Gasteiger partial charge is 0.486 e. The summed E-state index contributed by atoms with van der Waals surface area (Å²) in [5, 5.41) is 13.5. The van der Waals surface area contributed by atoms with Crippen LogP contribution in [0.3, 0.4) is 0 Å². The number of non-ortho nitro benzene ring substituents is 1. The summed E-state index contributed by atoms with van der Waals surface area (Å²) in [5.41, 5.74) is 1.46. The van der Waals surface area contributed by atoms with Crippen LogP contribution in [0.1, 0.15) is 11.1 Å². The molecule has 3 rings (SSSR count). The Labute approximate surface area is 144 Å². The lowest BCUT2D eigenvalue weighted by Gasteiger charge is -2.18. The molecule has 0 atom stereocenters. The summed E-state index contributed by atoms with van der Waals surface area (Å²) in [4.78, 5) is 22.2. The van der Waals surface area contributed by atoms with Gasteiger partial charge in [-0.2, -0.15) is 0 Å². The van der Waals surface area contributed by atoms with Gasteiger partial charge < -0.3 is 14.8 Å². The van der Waals surface area contributed by atoms with Gasteiger partial charge in [-0.15, -0.1) is 0 Å². The predicted octanol–water partition coefficient (Wildman–Crippen LogP) is 2.70. The Kier molecular flexibility index (Phi) is 4.94. The van der Waals surface area contributed by atoms with E-state index in [0.29, 0.717) is 36.8 Å². The van der Waals surface area contributed by atoms with Crippen molar-refractivity contribution in [3.8, 4) is 11.5 Å². The molecule has 7 nitrogen and oxygen atoms in total. The second-order valence-corrected chi connectivity index (χ2v) is 5.38. The van der Waals surface area contributed by atoms with Crippen LogP contribution in [-0.4, -0.2) is 24.0 Å². The first-order valence-electron chi connectivity index (χ1n) is 7.71. The summed E-state index contributed by atoms with van der Waals surface area (Å²) in [7, 11) is 0. The lowest BCUT2D eigenvalue weighted by atomic mass is 10.2. The number of nitro benzene ring substituents is 1. The van der Waals surface area contributed by atoms with E-state index in [9.17, 15) is 14.9 Å². The molecule has 2 aromatic carbocycles. The molecule has 128 valence electrons. The minimum atomic E-state index is -0.473. The number of amides is 1. The Morgan fingerprint density at radius 3 is 2.76 bits per heavy atom. The molecule has 2 aromatic rings. The highest BCUT2D eigenvalue weighted by Gasteiger charge is 2.11. The average molecular weight is 340 g/mol. The van der Waals surface area contributed by atoms with Crippen molar-refractivity contribution in [1.82, 2.24) is 5.32 Å². The molecule has 0 fully saturated rings. The van der Waals surface area contributed by atoms with Crippen LogP contribution in [-0.2, 0) is 11.3 Å². The van der Waals surface area contributed by atoms with Gasteiger partial charge in [0.25, 0.3) is 5.69 Å². The molecule has 1 amide bonds. The third kappa shape index (κ3) is 4.35. The molecular formula is C18H16N2O5. The van der Waals surface area contributed by atoms with Crippen molar-refractivity contribution in [2.24, 2.45) is 0 Å². The Balaban J connectivity index is 1.57. The third-order valence-corrected chi connectivity index (χ3v) is 3.58. The maximum absolute atomic E-state index is 11.9. The highest BCUT2D eigenvalue weighted by atomic mass is 16.6. The van der Waals surface area contributed by atoms with Crippen molar-refractivity contribution < 1.29 is 19.2 Å². The zero-order chi connectivity index (χ0) is 17.6. The van der Waals surface area contributed by atoms with Crippen LogP contribution in [0.4, 0.5) is 5.69 Å². The SMILES string of the molecule is O=C(/C=C/c1cccc([N+](=O)[O-])c1)NCc1ccc2c(c1)OCCO2. The number of benzene rings is 2. The third-order valence-electron chi connectivity index (χ3n) is 3.58. The van der Waals surface area contributed by atoms with Crippen molar-refractivity contribution in [2.75, 3.05) is 13.2 Å². The minimum Gasteiger partial charge on any atom is -0.486 e. The summed E-state index contributed by atoms with van der Waals surface area (Å²) in [6.07, 6.45) is 2.88. The first kappa shape index (κ1) is 16.5. The van der Waals surface area contributed by atoms with E-state index >= 15 is 0 Å². The van der Waals surface area contributed by atoms with Gasteiger partial charge in [-0.1, -0.05) is 18.2 Å². The number of nitro groups is 1. The number of hydrogen-bond donors (Lipinski definition) is 1. The summed E-state index contributed by atoms with van der Waals surface area (Å²) in [6.45, 7) is 1.38. The first-order chi connectivity index (χ1) is 12.1. The molecule has 0 spiro atoms. The summed E-state index contributed by atoms with van der Waals surface area (Å²) in [5.74, 6) is 1.08. The van der Waals surface area contributed by atoms with Crippen LogP contribution in [0.25, 0.3) is 6.08 Å². The van der Waals surface area contributed by atoms with Gasteiger partial charge in [0.15, 0.2) is 11.5 Å². The van der Waals surface area contributed by atoms with Gasteiger partial charge in [0.2, 0.25) is 5.91 Å². The van der Waals surface area contributed by atoms with Crippen molar-refractivity contribution >= 4 is 17.7 Å². The number of ether oxygens (including phenoxy) is 2. The quantitative estimate of drug-likeness (QED) is 0.513. The second kappa shape index (κ2) is 7.48. The monoisotopic (exact) mass is 340 g/mol. The van der Waals surface area contributed by atoms with Gasteiger partial charge in [0.1, 0.15) is 13.2 Å². The highest BCUT2D eigenvalue weighted by molar-refractivity contribution is 5.91.